The summed E-state index contributed by atoms with van der Waals surface area (Å²) in [4.78, 5) is 15.1. The Labute approximate surface area is 99.6 Å². The SMILES string of the molecule is O=C(CNC1CCCC1)Nc1cccc(F)n1. The van der Waals surface area contributed by atoms with Crippen molar-refractivity contribution in [3.05, 3.63) is 24.1 Å². The standard InChI is InChI=1S/C12H16FN3O/c13-10-6-3-7-11(15-10)16-12(17)8-14-9-4-1-2-5-9/h3,6-7,9,14H,1-2,4-5,8H2,(H,15,16,17). The molecule has 1 heterocycles. The van der Waals surface area contributed by atoms with Gasteiger partial charge in [-0.1, -0.05) is 18.9 Å². The first-order valence-corrected chi connectivity index (χ1v) is 5.90. The number of hydrogen-bond acceptors (Lipinski definition) is 3. The summed E-state index contributed by atoms with van der Waals surface area (Å²) in [5, 5.41) is 5.74. The summed E-state index contributed by atoms with van der Waals surface area (Å²) >= 11 is 0. The van der Waals surface area contributed by atoms with Gasteiger partial charge >= 0.3 is 0 Å². The number of anilines is 1. The average Bonchev–Trinajstić information content (AvgIpc) is 2.79. The van der Waals surface area contributed by atoms with E-state index in [0.717, 1.165) is 12.8 Å². The highest BCUT2D eigenvalue weighted by Crippen LogP contribution is 2.17. The number of carbonyl (C=O) groups excluding carboxylic acids is 1. The van der Waals surface area contributed by atoms with Crippen LogP contribution in [0, 0.1) is 5.95 Å². The quantitative estimate of drug-likeness (QED) is 0.783. The minimum Gasteiger partial charge on any atom is -0.309 e. The van der Waals surface area contributed by atoms with Crippen molar-refractivity contribution in [1.29, 1.82) is 0 Å². The first-order chi connectivity index (χ1) is 8.24. The predicted octanol–water partition coefficient (Wildman–Crippen LogP) is 1.69. The Balaban J connectivity index is 1.76. The Bertz CT molecular complexity index is 391. The zero-order valence-electron chi connectivity index (χ0n) is 9.58. The van der Waals surface area contributed by atoms with Crippen LogP contribution in [0.1, 0.15) is 25.7 Å². The third kappa shape index (κ3) is 3.78. The summed E-state index contributed by atoms with van der Waals surface area (Å²) in [5.41, 5.74) is 0. The first kappa shape index (κ1) is 12.0. The minimum atomic E-state index is -0.591. The molecule has 5 heteroatoms. The Kier molecular flexibility index (Phi) is 4.03. The van der Waals surface area contributed by atoms with Crippen molar-refractivity contribution in [1.82, 2.24) is 10.3 Å². The summed E-state index contributed by atoms with van der Waals surface area (Å²) in [6.07, 6.45) is 4.71. The fraction of sp³-hybridized carbons (Fsp3) is 0.500. The molecule has 0 aliphatic heterocycles. The molecular formula is C12H16FN3O. The van der Waals surface area contributed by atoms with Crippen LogP contribution in [0.15, 0.2) is 18.2 Å². The zero-order valence-corrected chi connectivity index (χ0v) is 9.58. The second-order valence-electron chi connectivity index (χ2n) is 4.26. The van der Waals surface area contributed by atoms with Crippen LogP contribution >= 0.6 is 0 Å². The van der Waals surface area contributed by atoms with Crippen molar-refractivity contribution in [2.24, 2.45) is 0 Å². The largest absolute Gasteiger partial charge is 0.309 e. The molecule has 92 valence electrons. The van der Waals surface area contributed by atoms with E-state index in [9.17, 15) is 9.18 Å². The van der Waals surface area contributed by atoms with Gasteiger partial charge in [-0.15, -0.1) is 0 Å². The van der Waals surface area contributed by atoms with Crippen LogP contribution in [-0.4, -0.2) is 23.5 Å². The molecule has 0 spiro atoms. The van der Waals surface area contributed by atoms with Crippen LogP contribution in [-0.2, 0) is 4.79 Å². The molecule has 1 amide bonds. The summed E-state index contributed by atoms with van der Waals surface area (Å²) in [6, 6.07) is 4.77. The third-order valence-electron chi connectivity index (χ3n) is 2.89. The van der Waals surface area contributed by atoms with Gasteiger partial charge in [-0.05, 0) is 25.0 Å². The second-order valence-corrected chi connectivity index (χ2v) is 4.26. The number of halogens is 1. The zero-order chi connectivity index (χ0) is 12.1. The molecule has 0 unspecified atom stereocenters. The maximum Gasteiger partial charge on any atom is 0.239 e. The molecule has 0 saturated heterocycles. The van der Waals surface area contributed by atoms with E-state index in [-0.39, 0.29) is 18.3 Å². The molecule has 0 radical (unpaired) electrons. The maximum absolute atomic E-state index is 12.8. The molecule has 1 aliphatic carbocycles. The van der Waals surface area contributed by atoms with Gasteiger partial charge in [-0.25, -0.2) is 4.98 Å². The van der Waals surface area contributed by atoms with Crippen molar-refractivity contribution in [2.45, 2.75) is 31.7 Å². The van der Waals surface area contributed by atoms with E-state index < -0.39 is 5.95 Å². The van der Waals surface area contributed by atoms with E-state index in [1.54, 1.807) is 6.07 Å². The number of nitrogens with zero attached hydrogens (tertiary/aromatic N) is 1. The van der Waals surface area contributed by atoms with Crippen molar-refractivity contribution in [3.63, 3.8) is 0 Å². The first-order valence-electron chi connectivity index (χ1n) is 5.90. The highest BCUT2D eigenvalue weighted by Gasteiger charge is 2.15. The fourth-order valence-electron chi connectivity index (χ4n) is 2.03. The lowest BCUT2D eigenvalue weighted by molar-refractivity contribution is -0.115. The molecule has 0 bridgehead atoms. The van der Waals surface area contributed by atoms with Gasteiger partial charge in [0.2, 0.25) is 11.9 Å². The maximum atomic E-state index is 12.8. The molecule has 0 atom stereocenters. The minimum absolute atomic E-state index is 0.185. The Morgan fingerprint density at radius 3 is 2.88 bits per heavy atom. The summed E-state index contributed by atoms with van der Waals surface area (Å²) < 4.78 is 12.8. The van der Waals surface area contributed by atoms with Gasteiger partial charge in [-0.2, -0.15) is 4.39 Å². The number of aromatic nitrogens is 1. The van der Waals surface area contributed by atoms with Gasteiger partial charge in [0.05, 0.1) is 6.54 Å². The number of hydrogen-bond donors (Lipinski definition) is 2. The molecular weight excluding hydrogens is 221 g/mol. The molecule has 1 aliphatic rings. The van der Waals surface area contributed by atoms with Crippen LogP contribution in [0.3, 0.4) is 0 Å². The smallest absolute Gasteiger partial charge is 0.239 e. The number of rotatable bonds is 4. The van der Waals surface area contributed by atoms with Crippen LogP contribution in [0.5, 0.6) is 0 Å². The van der Waals surface area contributed by atoms with Crippen LogP contribution in [0.4, 0.5) is 10.2 Å². The van der Waals surface area contributed by atoms with Crippen molar-refractivity contribution in [3.8, 4) is 0 Å². The molecule has 17 heavy (non-hydrogen) atoms. The van der Waals surface area contributed by atoms with Gasteiger partial charge < -0.3 is 10.6 Å². The summed E-state index contributed by atoms with van der Waals surface area (Å²) in [5.74, 6) is -0.523. The van der Waals surface area contributed by atoms with Gasteiger partial charge in [0, 0.05) is 6.04 Å². The fourth-order valence-corrected chi connectivity index (χ4v) is 2.03. The molecule has 2 rings (SSSR count). The predicted molar refractivity (Wildman–Crippen MR) is 63.1 cm³/mol. The number of carbonyl (C=O) groups is 1. The third-order valence-corrected chi connectivity index (χ3v) is 2.89. The van der Waals surface area contributed by atoms with Gasteiger partial charge in [-0.3, -0.25) is 4.79 Å². The monoisotopic (exact) mass is 237 g/mol. The highest BCUT2D eigenvalue weighted by atomic mass is 19.1. The average molecular weight is 237 g/mol. The van der Waals surface area contributed by atoms with Crippen LogP contribution in [0.25, 0.3) is 0 Å². The summed E-state index contributed by atoms with van der Waals surface area (Å²) in [7, 11) is 0. The van der Waals surface area contributed by atoms with Crippen molar-refractivity contribution >= 4 is 11.7 Å². The van der Waals surface area contributed by atoms with E-state index in [1.165, 1.54) is 25.0 Å². The van der Waals surface area contributed by atoms with Gasteiger partial charge in [0.1, 0.15) is 5.82 Å². The van der Waals surface area contributed by atoms with Crippen molar-refractivity contribution < 1.29 is 9.18 Å². The van der Waals surface area contributed by atoms with E-state index in [4.69, 9.17) is 0 Å². The Morgan fingerprint density at radius 2 is 2.18 bits per heavy atom. The molecule has 1 saturated carbocycles. The molecule has 1 aromatic rings. The molecule has 1 aromatic heterocycles. The van der Waals surface area contributed by atoms with Crippen LogP contribution in [0.2, 0.25) is 0 Å². The topological polar surface area (TPSA) is 54.0 Å². The molecule has 1 fully saturated rings. The van der Waals surface area contributed by atoms with E-state index in [2.05, 4.69) is 15.6 Å². The molecule has 0 aromatic carbocycles. The number of pyridine rings is 1. The molecule has 4 nitrogen and oxygen atoms in total. The van der Waals surface area contributed by atoms with Gasteiger partial charge in [0.25, 0.3) is 0 Å². The van der Waals surface area contributed by atoms with E-state index >= 15 is 0 Å². The van der Waals surface area contributed by atoms with Gasteiger partial charge in [0.15, 0.2) is 0 Å². The lowest BCUT2D eigenvalue weighted by Crippen LogP contribution is -2.34. The van der Waals surface area contributed by atoms with Crippen LogP contribution < -0.4 is 10.6 Å². The van der Waals surface area contributed by atoms with Crippen molar-refractivity contribution in [2.75, 3.05) is 11.9 Å². The van der Waals surface area contributed by atoms with E-state index in [0.29, 0.717) is 6.04 Å². The Hall–Kier alpha value is -1.49. The number of amides is 1. The lowest BCUT2D eigenvalue weighted by atomic mass is 10.2. The second kappa shape index (κ2) is 5.72. The lowest BCUT2D eigenvalue weighted by Gasteiger charge is -2.11. The normalized spacial score (nSPS) is 16.1. The summed E-state index contributed by atoms with van der Waals surface area (Å²) in [6.45, 7) is 0.253. The number of nitrogens with one attached hydrogen (secondary N) is 2. The highest BCUT2D eigenvalue weighted by molar-refractivity contribution is 5.91. The Morgan fingerprint density at radius 1 is 1.41 bits per heavy atom. The molecule has 2 N–H and O–H groups in total. The van der Waals surface area contributed by atoms with E-state index in [1.807, 2.05) is 0 Å².